The minimum atomic E-state index is -0.993. The molecule has 0 fully saturated rings. The number of amides is 3. The molecule has 2 rings (SSSR count). The van der Waals surface area contributed by atoms with Gasteiger partial charge in [0.2, 0.25) is 11.8 Å². The zero-order valence-corrected chi connectivity index (χ0v) is 21.4. The summed E-state index contributed by atoms with van der Waals surface area (Å²) in [5, 5.41) is 15.2. The fourth-order valence-corrected chi connectivity index (χ4v) is 3.66. The number of phenolic OH excluding ortho intramolecular Hbond substituents is 1. The molecule has 35 heavy (non-hydrogen) atoms. The van der Waals surface area contributed by atoms with Crippen LogP contribution in [-0.4, -0.2) is 52.1 Å². The second-order valence-electron chi connectivity index (χ2n) is 9.67. The van der Waals surface area contributed by atoms with Crippen molar-refractivity contribution in [3.8, 4) is 5.75 Å². The third kappa shape index (κ3) is 8.63. The van der Waals surface area contributed by atoms with Crippen LogP contribution in [0.3, 0.4) is 0 Å². The number of likely N-dealkylation sites (N-methyl/N-ethyl adjacent to an activating group) is 1. The lowest BCUT2D eigenvalue weighted by Crippen LogP contribution is -2.54. The van der Waals surface area contributed by atoms with Gasteiger partial charge < -0.3 is 25.4 Å². The maximum Gasteiger partial charge on any atom is 0.408 e. The van der Waals surface area contributed by atoms with E-state index < -0.39 is 29.7 Å². The lowest BCUT2D eigenvalue weighted by atomic mass is 10.00. The lowest BCUT2D eigenvalue weighted by molar-refractivity contribution is -0.142. The average Bonchev–Trinajstić information content (AvgIpc) is 2.76. The molecule has 0 heterocycles. The number of ether oxygens (including phenoxy) is 1. The van der Waals surface area contributed by atoms with Crippen molar-refractivity contribution in [2.75, 3.05) is 6.54 Å². The Bertz CT molecular complexity index is 984. The van der Waals surface area contributed by atoms with Gasteiger partial charge in [0.15, 0.2) is 0 Å². The minimum absolute atomic E-state index is 0.0985. The van der Waals surface area contributed by atoms with Crippen molar-refractivity contribution in [1.82, 2.24) is 15.5 Å². The first-order chi connectivity index (χ1) is 16.4. The van der Waals surface area contributed by atoms with E-state index in [2.05, 4.69) is 10.6 Å². The molecule has 8 heteroatoms. The molecule has 8 nitrogen and oxygen atoms in total. The van der Waals surface area contributed by atoms with E-state index in [1.54, 1.807) is 52.0 Å². The molecule has 2 atom stereocenters. The van der Waals surface area contributed by atoms with Crippen LogP contribution in [-0.2, 0) is 20.7 Å². The summed E-state index contributed by atoms with van der Waals surface area (Å²) in [5.74, 6) is -0.623. The van der Waals surface area contributed by atoms with Crippen LogP contribution >= 0.6 is 0 Å². The van der Waals surface area contributed by atoms with Crippen molar-refractivity contribution in [3.63, 3.8) is 0 Å². The predicted octanol–water partition coefficient (Wildman–Crippen LogP) is 3.94. The van der Waals surface area contributed by atoms with E-state index in [-0.39, 0.29) is 30.7 Å². The van der Waals surface area contributed by atoms with Gasteiger partial charge in [-0.3, -0.25) is 9.59 Å². The first-order valence-electron chi connectivity index (χ1n) is 11.8. The summed E-state index contributed by atoms with van der Waals surface area (Å²) in [7, 11) is 0. The molecule has 0 saturated heterocycles. The molecule has 0 radical (unpaired) electrons. The Morgan fingerprint density at radius 2 is 1.57 bits per heavy atom. The Balaban J connectivity index is 2.43. The molecule has 0 spiro atoms. The first kappa shape index (κ1) is 27.7. The quantitative estimate of drug-likeness (QED) is 0.501. The highest BCUT2D eigenvalue weighted by atomic mass is 16.6. The predicted molar refractivity (Wildman–Crippen MR) is 135 cm³/mol. The summed E-state index contributed by atoms with van der Waals surface area (Å²) in [4.78, 5) is 41.2. The molecule has 0 saturated carbocycles. The van der Waals surface area contributed by atoms with Gasteiger partial charge in [-0.2, -0.15) is 0 Å². The summed E-state index contributed by atoms with van der Waals surface area (Å²) >= 11 is 0. The Labute approximate surface area is 207 Å². The molecular weight excluding hydrogens is 446 g/mol. The monoisotopic (exact) mass is 483 g/mol. The van der Waals surface area contributed by atoms with Gasteiger partial charge in [-0.05, 0) is 64.8 Å². The molecule has 0 bridgehead atoms. The highest BCUT2D eigenvalue weighted by Crippen LogP contribution is 2.23. The largest absolute Gasteiger partial charge is 0.508 e. The number of hydrogen-bond acceptors (Lipinski definition) is 5. The van der Waals surface area contributed by atoms with Gasteiger partial charge in [0, 0.05) is 19.0 Å². The van der Waals surface area contributed by atoms with Crippen LogP contribution in [0.2, 0.25) is 0 Å². The summed E-state index contributed by atoms with van der Waals surface area (Å²) in [6.45, 7) is 11.0. The third-order valence-corrected chi connectivity index (χ3v) is 5.10. The van der Waals surface area contributed by atoms with Crippen molar-refractivity contribution >= 4 is 17.9 Å². The zero-order valence-electron chi connectivity index (χ0n) is 21.4. The van der Waals surface area contributed by atoms with Crippen molar-refractivity contribution in [2.24, 2.45) is 0 Å². The maximum absolute atomic E-state index is 13.9. The number of phenols is 1. The molecular formula is C27H37N3O5. The zero-order chi connectivity index (χ0) is 26.2. The van der Waals surface area contributed by atoms with E-state index >= 15 is 0 Å². The molecule has 2 aromatic rings. The number of carbonyl (C=O) groups is 3. The van der Waals surface area contributed by atoms with Crippen LogP contribution in [0.25, 0.3) is 0 Å². The van der Waals surface area contributed by atoms with E-state index in [1.807, 2.05) is 32.0 Å². The van der Waals surface area contributed by atoms with Gasteiger partial charge in [0.05, 0.1) is 0 Å². The van der Waals surface area contributed by atoms with Crippen molar-refractivity contribution in [3.05, 3.63) is 65.7 Å². The molecule has 190 valence electrons. The summed E-state index contributed by atoms with van der Waals surface area (Å²) < 4.78 is 5.39. The van der Waals surface area contributed by atoms with Crippen molar-refractivity contribution in [1.29, 1.82) is 0 Å². The van der Waals surface area contributed by atoms with Gasteiger partial charge >= 0.3 is 6.09 Å². The summed E-state index contributed by atoms with van der Waals surface area (Å²) in [6, 6.07) is 13.5. The van der Waals surface area contributed by atoms with Gasteiger partial charge in [-0.1, -0.05) is 42.5 Å². The molecule has 2 aromatic carbocycles. The molecule has 2 unspecified atom stereocenters. The van der Waals surface area contributed by atoms with Gasteiger partial charge in [-0.15, -0.1) is 0 Å². The van der Waals surface area contributed by atoms with Crippen LogP contribution in [0.15, 0.2) is 54.6 Å². The standard InChI is InChI=1S/C27H37N3O5/c1-7-30(23(24(32)28-18(2)3)20-11-9-8-10-12-20)25(33)22(29-26(34)35-27(4,5)6)17-19-13-15-21(31)16-14-19/h8-16,18,22-23,31H,7,17H2,1-6H3,(H,28,32)(H,29,34). The molecule has 0 aliphatic rings. The molecule has 0 aliphatic carbocycles. The molecule has 0 aliphatic heterocycles. The first-order valence-corrected chi connectivity index (χ1v) is 11.8. The van der Waals surface area contributed by atoms with E-state index in [0.717, 1.165) is 5.56 Å². The smallest absolute Gasteiger partial charge is 0.408 e. The summed E-state index contributed by atoms with van der Waals surface area (Å²) in [5.41, 5.74) is 0.655. The topological polar surface area (TPSA) is 108 Å². The minimum Gasteiger partial charge on any atom is -0.508 e. The second-order valence-corrected chi connectivity index (χ2v) is 9.67. The number of carbonyl (C=O) groups excluding carboxylic acids is 3. The van der Waals surface area contributed by atoms with Crippen LogP contribution < -0.4 is 10.6 Å². The number of nitrogens with one attached hydrogen (secondary N) is 2. The number of nitrogens with zero attached hydrogens (tertiary/aromatic N) is 1. The Kier molecular flexibility index (Phi) is 9.68. The fourth-order valence-electron chi connectivity index (χ4n) is 3.66. The van der Waals surface area contributed by atoms with Crippen LogP contribution in [0.4, 0.5) is 4.79 Å². The van der Waals surface area contributed by atoms with E-state index in [4.69, 9.17) is 4.74 Å². The highest BCUT2D eigenvalue weighted by molar-refractivity contribution is 5.92. The van der Waals surface area contributed by atoms with Crippen LogP contribution in [0.5, 0.6) is 5.75 Å². The average molecular weight is 484 g/mol. The SMILES string of the molecule is CCN(C(=O)C(Cc1ccc(O)cc1)NC(=O)OC(C)(C)C)C(C(=O)NC(C)C)c1ccccc1. The third-order valence-electron chi connectivity index (χ3n) is 5.10. The molecule has 0 aromatic heterocycles. The lowest BCUT2D eigenvalue weighted by Gasteiger charge is -2.34. The number of benzene rings is 2. The molecule has 3 N–H and O–H groups in total. The second kappa shape index (κ2) is 12.2. The normalized spacial score (nSPS) is 13.0. The highest BCUT2D eigenvalue weighted by Gasteiger charge is 2.35. The van der Waals surface area contributed by atoms with E-state index in [1.165, 1.54) is 17.0 Å². The van der Waals surface area contributed by atoms with E-state index in [0.29, 0.717) is 5.56 Å². The maximum atomic E-state index is 13.9. The van der Waals surface area contributed by atoms with Gasteiger partial charge in [-0.25, -0.2) is 4.79 Å². The van der Waals surface area contributed by atoms with Crippen molar-refractivity contribution < 1.29 is 24.2 Å². The van der Waals surface area contributed by atoms with Gasteiger partial charge in [0.1, 0.15) is 23.4 Å². The Morgan fingerprint density at radius 1 is 0.971 bits per heavy atom. The molecule has 3 amide bonds. The van der Waals surface area contributed by atoms with Crippen LogP contribution in [0.1, 0.15) is 58.7 Å². The Hall–Kier alpha value is -3.55. The van der Waals surface area contributed by atoms with Gasteiger partial charge in [0.25, 0.3) is 0 Å². The Morgan fingerprint density at radius 3 is 2.09 bits per heavy atom. The fraction of sp³-hybridized carbons (Fsp3) is 0.444. The van der Waals surface area contributed by atoms with Crippen molar-refractivity contribution in [2.45, 2.75) is 71.7 Å². The number of rotatable bonds is 9. The number of alkyl carbamates (subject to hydrolysis) is 1. The number of hydrogen-bond donors (Lipinski definition) is 3. The van der Waals surface area contributed by atoms with Crippen LogP contribution in [0, 0.1) is 0 Å². The number of aromatic hydroxyl groups is 1. The summed E-state index contributed by atoms with van der Waals surface area (Å²) in [6.07, 6.45) is -0.573. The van der Waals surface area contributed by atoms with E-state index in [9.17, 15) is 19.5 Å².